The summed E-state index contributed by atoms with van der Waals surface area (Å²) >= 11 is 1.63. The van der Waals surface area contributed by atoms with Crippen LogP contribution < -0.4 is 0 Å². The smallest absolute Gasteiger partial charge is 0.227 e. The van der Waals surface area contributed by atoms with Crippen LogP contribution in [-0.4, -0.2) is 33.9 Å². The Balaban J connectivity index is 1.66. The van der Waals surface area contributed by atoms with E-state index in [2.05, 4.69) is 9.97 Å². The zero-order valence-electron chi connectivity index (χ0n) is 12.4. The van der Waals surface area contributed by atoms with Crippen molar-refractivity contribution in [3.63, 3.8) is 0 Å². The third kappa shape index (κ3) is 3.29. The number of hydrogen-bond acceptors (Lipinski definition) is 4. The fourth-order valence-electron chi connectivity index (χ4n) is 2.81. The lowest BCUT2D eigenvalue weighted by Gasteiger charge is -2.16. The quantitative estimate of drug-likeness (QED) is 0.875. The minimum atomic E-state index is 0.209. The van der Waals surface area contributed by atoms with Crippen LogP contribution in [0.25, 0.3) is 0 Å². The normalized spacial score (nSPS) is 18.2. The number of aromatic nitrogens is 2. The number of thiophene rings is 1. The maximum atomic E-state index is 12.3. The molecule has 0 radical (unpaired) electrons. The summed E-state index contributed by atoms with van der Waals surface area (Å²) in [5.41, 5.74) is 3.11. The molecule has 2 aromatic heterocycles. The third-order valence-corrected chi connectivity index (χ3v) is 4.57. The number of carbonyl (C=O) groups excluding carboxylic acids is 1. The molecule has 1 aliphatic heterocycles. The van der Waals surface area contributed by atoms with Gasteiger partial charge in [-0.2, -0.15) is 11.3 Å². The number of rotatable bonds is 3. The van der Waals surface area contributed by atoms with Crippen LogP contribution in [-0.2, 0) is 11.2 Å². The Hall–Kier alpha value is -1.75. The molecule has 0 aromatic carbocycles. The topological polar surface area (TPSA) is 46.1 Å². The number of aryl methyl sites for hydroxylation is 2. The first kappa shape index (κ1) is 14.2. The summed E-state index contributed by atoms with van der Waals surface area (Å²) in [5, 5.41) is 4.05. The summed E-state index contributed by atoms with van der Waals surface area (Å²) in [6.07, 6.45) is 1.46. The lowest BCUT2D eigenvalue weighted by molar-refractivity contribution is -0.129. The van der Waals surface area contributed by atoms with Crippen molar-refractivity contribution in [3.05, 3.63) is 45.7 Å². The Bertz CT molecular complexity index is 619. The van der Waals surface area contributed by atoms with Crippen molar-refractivity contribution in [2.75, 3.05) is 13.1 Å². The van der Waals surface area contributed by atoms with Gasteiger partial charge < -0.3 is 4.90 Å². The highest BCUT2D eigenvalue weighted by Gasteiger charge is 2.29. The summed E-state index contributed by atoms with van der Waals surface area (Å²) < 4.78 is 0. The lowest BCUT2D eigenvalue weighted by atomic mass is 10.1. The highest BCUT2D eigenvalue weighted by molar-refractivity contribution is 7.07. The van der Waals surface area contributed by atoms with Gasteiger partial charge in [0.15, 0.2) is 0 Å². The predicted octanol–water partition coefficient (Wildman–Crippen LogP) is 2.71. The van der Waals surface area contributed by atoms with Crippen molar-refractivity contribution in [1.29, 1.82) is 0 Å². The van der Waals surface area contributed by atoms with Crippen LogP contribution >= 0.6 is 11.3 Å². The van der Waals surface area contributed by atoms with E-state index in [9.17, 15) is 4.79 Å². The minimum absolute atomic E-state index is 0.209. The van der Waals surface area contributed by atoms with Gasteiger partial charge >= 0.3 is 0 Å². The van der Waals surface area contributed by atoms with Gasteiger partial charge in [-0.15, -0.1) is 0 Å². The maximum Gasteiger partial charge on any atom is 0.227 e. The van der Waals surface area contributed by atoms with Crippen molar-refractivity contribution >= 4 is 17.2 Å². The average molecular weight is 301 g/mol. The van der Waals surface area contributed by atoms with Crippen molar-refractivity contribution in [1.82, 2.24) is 14.9 Å². The second-order valence-corrected chi connectivity index (χ2v) is 6.42. The molecule has 1 fully saturated rings. The largest absolute Gasteiger partial charge is 0.342 e. The number of hydrogen-bond donors (Lipinski definition) is 0. The maximum absolute atomic E-state index is 12.3. The first-order valence-electron chi connectivity index (χ1n) is 7.23. The van der Waals surface area contributed by atoms with Crippen LogP contribution in [0.3, 0.4) is 0 Å². The van der Waals surface area contributed by atoms with Crippen LogP contribution in [0, 0.1) is 13.8 Å². The van der Waals surface area contributed by atoms with Crippen LogP contribution in [0.5, 0.6) is 0 Å². The summed E-state index contributed by atoms with van der Waals surface area (Å²) in [6.45, 7) is 5.54. The van der Waals surface area contributed by atoms with Crippen molar-refractivity contribution in [2.45, 2.75) is 32.6 Å². The van der Waals surface area contributed by atoms with Gasteiger partial charge in [-0.1, -0.05) is 0 Å². The first-order valence-corrected chi connectivity index (χ1v) is 8.17. The van der Waals surface area contributed by atoms with E-state index in [0.29, 0.717) is 6.42 Å². The van der Waals surface area contributed by atoms with Crippen LogP contribution in [0.15, 0.2) is 22.9 Å². The average Bonchev–Trinajstić information content (AvgIpc) is 3.08. The van der Waals surface area contributed by atoms with Crippen molar-refractivity contribution in [2.24, 2.45) is 0 Å². The summed E-state index contributed by atoms with van der Waals surface area (Å²) in [6, 6.07) is 4.00. The predicted molar refractivity (Wildman–Crippen MR) is 83.5 cm³/mol. The van der Waals surface area contributed by atoms with Gasteiger partial charge in [-0.3, -0.25) is 4.79 Å². The van der Waals surface area contributed by atoms with E-state index in [0.717, 1.165) is 42.3 Å². The Morgan fingerprint density at radius 1 is 1.38 bits per heavy atom. The molecule has 5 heteroatoms. The second-order valence-electron chi connectivity index (χ2n) is 5.64. The standard InChI is InChI=1S/C16H19N3OS/c1-11-7-12(2)18-16(17-11)14-3-5-19(9-14)15(20)8-13-4-6-21-10-13/h4,6-7,10,14H,3,5,8-9H2,1-2H3. The molecule has 2 aromatic rings. The Labute approximate surface area is 128 Å². The van der Waals surface area contributed by atoms with E-state index in [1.54, 1.807) is 11.3 Å². The van der Waals surface area contributed by atoms with E-state index < -0.39 is 0 Å². The fourth-order valence-corrected chi connectivity index (χ4v) is 3.48. The molecule has 1 aliphatic rings. The van der Waals surface area contributed by atoms with Gasteiger partial charge in [-0.25, -0.2) is 9.97 Å². The highest BCUT2D eigenvalue weighted by atomic mass is 32.1. The fraction of sp³-hybridized carbons (Fsp3) is 0.438. The molecule has 1 amide bonds. The van der Waals surface area contributed by atoms with E-state index in [-0.39, 0.29) is 11.8 Å². The van der Waals surface area contributed by atoms with Gasteiger partial charge in [0, 0.05) is 30.4 Å². The molecule has 0 N–H and O–H groups in total. The molecule has 0 bridgehead atoms. The van der Waals surface area contributed by atoms with Crippen LogP contribution in [0.1, 0.15) is 35.1 Å². The first-order chi connectivity index (χ1) is 10.1. The van der Waals surface area contributed by atoms with Gasteiger partial charge in [0.2, 0.25) is 5.91 Å². The second kappa shape index (κ2) is 5.93. The van der Waals surface area contributed by atoms with E-state index in [1.807, 2.05) is 41.6 Å². The molecule has 3 rings (SSSR count). The number of likely N-dealkylation sites (tertiary alicyclic amines) is 1. The molecule has 110 valence electrons. The van der Waals surface area contributed by atoms with E-state index in [1.165, 1.54) is 0 Å². The molecule has 3 heterocycles. The molecular formula is C16H19N3OS. The molecule has 0 aliphatic carbocycles. The molecule has 4 nitrogen and oxygen atoms in total. The Kier molecular flexibility index (Phi) is 4.01. The summed E-state index contributed by atoms with van der Waals surface area (Å²) in [7, 11) is 0. The molecule has 0 saturated carbocycles. The summed E-state index contributed by atoms with van der Waals surface area (Å²) in [4.78, 5) is 23.3. The molecule has 1 atom stereocenters. The third-order valence-electron chi connectivity index (χ3n) is 3.84. The zero-order valence-corrected chi connectivity index (χ0v) is 13.2. The van der Waals surface area contributed by atoms with Crippen molar-refractivity contribution < 1.29 is 4.79 Å². The minimum Gasteiger partial charge on any atom is -0.342 e. The number of amides is 1. The molecule has 0 spiro atoms. The van der Waals surface area contributed by atoms with Crippen molar-refractivity contribution in [3.8, 4) is 0 Å². The molecular weight excluding hydrogens is 282 g/mol. The zero-order chi connectivity index (χ0) is 14.8. The van der Waals surface area contributed by atoms with Gasteiger partial charge in [0.05, 0.1) is 6.42 Å². The van der Waals surface area contributed by atoms with Gasteiger partial charge in [0.25, 0.3) is 0 Å². The molecule has 1 unspecified atom stereocenters. The van der Waals surface area contributed by atoms with Crippen LogP contribution in [0.4, 0.5) is 0 Å². The van der Waals surface area contributed by atoms with Crippen LogP contribution in [0.2, 0.25) is 0 Å². The SMILES string of the molecule is Cc1cc(C)nc(C2CCN(C(=O)Cc3ccsc3)C2)n1. The van der Waals surface area contributed by atoms with E-state index >= 15 is 0 Å². The summed E-state index contributed by atoms with van der Waals surface area (Å²) in [5.74, 6) is 1.37. The molecule has 21 heavy (non-hydrogen) atoms. The number of nitrogens with zero attached hydrogens (tertiary/aromatic N) is 3. The Morgan fingerprint density at radius 2 is 2.14 bits per heavy atom. The monoisotopic (exact) mass is 301 g/mol. The molecule has 1 saturated heterocycles. The number of carbonyl (C=O) groups is 1. The van der Waals surface area contributed by atoms with Gasteiger partial charge in [-0.05, 0) is 48.7 Å². The highest BCUT2D eigenvalue weighted by Crippen LogP contribution is 2.25. The van der Waals surface area contributed by atoms with Gasteiger partial charge in [0.1, 0.15) is 5.82 Å². The lowest BCUT2D eigenvalue weighted by Crippen LogP contribution is -2.30. The Morgan fingerprint density at radius 3 is 2.81 bits per heavy atom. The van der Waals surface area contributed by atoms with E-state index in [4.69, 9.17) is 0 Å².